The van der Waals surface area contributed by atoms with Crippen LogP contribution in [0.3, 0.4) is 0 Å². The van der Waals surface area contributed by atoms with Crippen LogP contribution in [0.15, 0.2) is 17.4 Å². The first-order valence-corrected chi connectivity index (χ1v) is 9.99. The minimum absolute atomic E-state index is 0.168. The molecule has 0 atom stereocenters. The molecule has 1 fully saturated rings. The molecular formula is C15H28N6O2S. The number of rotatable bonds is 6. The number of aromatic nitrogens is 2. The van der Waals surface area contributed by atoms with E-state index in [4.69, 9.17) is 0 Å². The SMILES string of the molecule is CCS(=O)(=O)N1CCC(NC(=NC)NCCn2cc(C)cn2)CC1. The van der Waals surface area contributed by atoms with Gasteiger partial charge in [0.15, 0.2) is 5.96 Å². The van der Waals surface area contributed by atoms with E-state index in [2.05, 4.69) is 20.7 Å². The van der Waals surface area contributed by atoms with Gasteiger partial charge in [-0.05, 0) is 32.3 Å². The lowest BCUT2D eigenvalue weighted by atomic mass is 10.1. The summed E-state index contributed by atoms with van der Waals surface area (Å²) in [5, 5.41) is 10.9. The highest BCUT2D eigenvalue weighted by Gasteiger charge is 2.26. The van der Waals surface area contributed by atoms with Gasteiger partial charge >= 0.3 is 0 Å². The van der Waals surface area contributed by atoms with Gasteiger partial charge in [-0.25, -0.2) is 12.7 Å². The van der Waals surface area contributed by atoms with Gasteiger partial charge in [0.05, 0.1) is 18.5 Å². The van der Waals surface area contributed by atoms with Gasteiger partial charge in [0.25, 0.3) is 0 Å². The molecule has 0 radical (unpaired) electrons. The third-order valence-corrected chi connectivity index (χ3v) is 6.05. The molecule has 0 bridgehead atoms. The summed E-state index contributed by atoms with van der Waals surface area (Å²) < 4.78 is 27.2. The van der Waals surface area contributed by atoms with Crippen LogP contribution in [0.5, 0.6) is 0 Å². The number of nitrogens with one attached hydrogen (secondary N) is 2. The van der Waals surface area contributed by atoms with Gasteiger partial charge < -0.3 is 10.6 Å². The van der Waals surface area contributed by atoms with Gasteiger partial charge in [-0.15, -0.1) is 0 Å². The predicted molar refractivity (Wildman–Crippen MR) is 95.5 cm³/mol. The highest BCUT2D eigenvalue weighted by Crippen LogP contribution is 2.14. The molecule has 8 nitrogen and oxygen atoms in total. The molecule has 24 heavy (non-hydrogen) atoms. The molecule has 1 aliphatic heterocycles. The van der Waals surface area contributed by atoms with Crippen molar-refractivity contribution in [1.82, 2.24) is 24.7 Å². The van der Waals surface area contributed by atoms with Gasteiger partial charge in [-0.1, -0.05) is 0 Å². The highest BCUT2D eigenvalue weighted by molar-refractivity contribution is 7.89. The standard InChI is InChI=1S/C15H28N6O2S/c1-4-24(22,23)21-8-5-14(6-9-21)19-15(16-3)17-7-10-20-12-13(2)11-18-20/h11-12,14H,4-10H2,1-3H3,(H2,16,17,19). The van der Waals surface area contributed by atoms with Crippen LogP contribution in [0.1, 0.15) is 25.3 Å². The van der Waals surface area contributed by atoms with Crippen LogP contribution in [0.4, 0.5) is 0 Å². The first kappa shape index (κ1) is 18.7. The second-order valence-electron chi connectivity index (χ2n) is 6.00. The monoisotopic (exact) mass is 356 g/mol. The number of piperidine rings is 1. The van der Waals surface area contributed by atoms with Crippen LogP contribution < -0.4 is 10.6 Å². The first-order valence-electron chi connectivity index (χ1n) is 8.38. The zero-order valence-corrected chi connectivity index (χ0v) is 15.5. The van der Waals surface area contributed by atoms with Crippen LogP contribution in [0, 0.1) is 6.92 Å². The van der Waals surface area contributed by atoms with Crippen molar-refractivity contribution in [2.45, 2.75) is 39.3 Å². The van der Waals surface area contributed by atoms with E-state index in [9.17, 15) is 8.42 Å². The zero-order valence-electron chi connectivity index (χ0n) is 14.7. The van der Waals surface area contributed by atoms with Crippen molar-refractivity contribution < 1.29 is 8.42 Å². The molecule has 9 heteroatoms. The Morgan fingerprint density at radius 2 is 2.12 bits per heavy atom. The van der Waals surface area contributed by atoms with E-state index < -0.39 is 10.0 Å². The molecule has 1 saturated heterocycles. The summed E-state index contributed by atoms with van der Waals surface area (Å²) in [4.78, 5) is 4.24. The summed E-state index contributed by atoms with van der Waals surface area (Å²) in [6.07, 6.45) is 5.42. The number of aliphatic imine (C=N–C) groups is 1. The number of aryl methyl sites for hydroxylation is 1. The van der Waals surface area contributed by atoms with Gasteiger partial charge in [-0.2, -0.15) is 5.10 Å². The molecule has 2 heterocycles. The van der Waals surface area contributed by atoms with E-state index in [0.717, 1.165) is 37.5 Å². The number of hydrogen-bond acceptors (Lipinski definition) is 4. The summed E-state index contributed by atoms with van der Waals surface area (Å²) in [5.74, 6) is 0.914. The fourth-order valence-corrected chi connectivity index (χ4v) is 3.86. The molecule has 0 aliphatic carbocycles. The Morgan fingerprint density at radius 1 is 1.42 bits per heavy atom. The van der Waals surface area contributed by atoms with Crippen molar-refractivity contribution in [3.63, 3.8) is 0 Å². The lowest BCUT2D eigenvalue weighted by molar-refractivity contribution is 0.306. The lowest BCUT2D eigenvalue weighted by Crippen LogP contribution is -2.50. The van der Waals surface area contributed by atoms with Crippen molar-refractivity contribution in [3.8, 4) is 0 Å². The molecule has 0 unspecified atom stereocenters. The number of nitrogens with zero attached hydrogens (tertiary/aromatic N) is 4. The normalized spacial score (nSPS) is 17.9. The molecule has 1 aromatic heterocycles. The maximum absolute atomic E-state index is 11.9. The fourth-order valence-electron chi connectivity index (χ4n) is 2.73. The minimum atomic E-state index is -3.07. The van der Waals surface area contributed by atoms with E-state index >= 15 is 0 Å². The van der Waals surface area contributed by atoms with Crippen molar-refractivity contribution in [1.29, 1.82) is 0 Å². The largest absolute Gasteiger partial charge is 0.355 e. The van der Waals surface area contributed by atoms with Crippen LogP contribution in [0.25, 0.3) is 0 Å². The number of guanidine groups is 1. The summed E-state index contributed by atoms with van der Waals surface area (Å²) in [6, 6.07) is 0.242. The van der Waals surface area contributed by atoms with E-state index in [1.165, 1.54) is 0 Å². The first-order chi connectivity index (χ1) is 11.4. The minimum Gasteiger partial charge on any atom is -0.355 e. The average Bonchev–Trinajstić information content (AvgIpc) is 2.99. The lowest BCUT2D eigenvalue weighted by Gasteiger charge is -2.32. The van der Waals surface area contributed by atoms with E-state index in [1.54, 1.807) is 18.3 Å². The molecule has 2 N–H and O–H groups in total. The van der Waals surface area contributed by atoms with E-state index in [0.29, 0.717) is 13.1 Å². The van der Waals surface area contributed by atoms with Gasteiger partial charge in [0, 0.05) is 38.9 Å². The smallest absolute Gasteiger partial charge is 0.213 e. The third-order valence-electron chi connectivity index (χ3n) is 4.17. The number of sulfonamides is 1. The Kier molecular flexibility index (Phi) is 6.61. The van der Waals surface area contributed by atoms with Crippen molar-refractivity contribution in [2.75, 3.05) is 32.4 Å². The summed E-state index contributed by atoms with van der Waals surface area (Å²) >= 11 is 0. The van der Waals surface area contributed by atoms with Gasteiger partial charge in [-0.3, -0.25) is 9.67 Å². The molecule has 0 aromatic carbocycles. The molecule has 1 aliphatic rings. The molecule has 0 saturated carbocycles. The Bertz CT molecular complexity index is 647. The van der Waals surface area contributed by atoms with Crippen LogP contribution in [0.2, 0.25) is 0 Å². The molecule has 0 amide bonds. The fraction of sp³-hybridized carbons (Fsp3) is 0.733. The van der Waals surface area contributed by atoms with Crippen LogP contribution in [-0.4, -0.2) is 66.9 Å². The second-order valence-corrected chi connectivity index (χ2v) is 8.26. The number of hydrogen-bond donors (Lipinski definition) is 2. The Balaban J connectivity index is 1.74. The van der Waals surface area contributed by atoms with E-state index in [1.807, 2.05) is 24.0 Å². The third kappa shape index (κ3) is 5.20. The predicted octanol–water partition coefficient (Wildman–Crippen LogP) is 0.171. The summed E-state index contributed by atoms with van der Waals surface area (Å²) in [5.41, 5.74) is 1.14. The quantitative estimate of drug-likeness (QED) is 0.560. The Morgan fingerprint density at radius 3 is 2.67 bits per heavy atom. The van der Waals surface area contributed by atoms with Crippen LogP contribution in [-0.2, 0) is 16.6 Å². The average molecular weight is 356 g/mol. The molecule has 136 valence electrons. The Hall–Kier alpha value is -1.61. The van der Waals surface area contributed by atoms with Crippen molar-refractivity contribution in [3.05, 3.63) is 18.0 Å². The summed E-state index contributed by atoms with van der Waals surface area (Å²) in [7, 11) is -1.33. The van der Waals surface area contributed by atoms with Crippen molar-refractivity contribution in [2.24, 2.45) is 4.99 Å². The molecule has 1 aromatic rings. The van der Waals surface area contributed by atoms with Crippen molar-refractivity contribution >= 4 is 16.0 Å². The zero-order chi connectivity index (χ0) is 17.6. The second kappa shape index (κ2) is 8.48. The van der Waals surface area contributed by atoms with Gasteiger partial charge in [0.1, 0.15) is 0 Å². The molecule has 2 rings (SSSR count). The maximum Gasteiger partial charge on any atom is 0.213 e. The summed E-state index contributed by atoms with van der Waals surface area (Å²) in [6.45, 7) is 6.33. The van der Waals surface area contributed by atoms with E-state index in [-0.39, 0.29) is 11.8 Å². The Labute approximate surface area is 144 Å². The topological polar surface area (TPSA) is 91.6 Å². The molecule has 0 spiro atoms. The highest BCUT2D eigenvalue weighted by atomic mass is 32.2. The van der Waals surface area contributed by atoms with Crippen LogP contribution >= 0.6 is 0 Å². The maximum atomic E-state index is 11.9. The molecular weight excluding hydrogens is 328 g/mol. The van der Waals surface area contributed by atoms with Gasteiger partial charge in [0.2, 0.25) is 10.0 Å².